The zero-order chi connectivity index (χ0) is 25.0. The van der Waals surface area contributed by atoms with Crippen molar-refractivity contribution in [1.29, 1.82) is 0 Å². The molecule has 0 spiro atoms. The maximum absolute atomic E-state index is 12.9. The van der Waals surface area contributed by atoms with Crippen molar-refractivity contribution < 1.29 is 28.9 Å². The smallest absolute Gasteiger partial charge is 0.415 e. The number of amides is 1. The number of aliphatic carboxylic acids is 1. The third-order valence-electron chi connectivity index (χ3n) is 6.18. The number of carboxylic acid groups (broad SMARTS) is 1. The Morgan fingerprint density at radius 1 is 1.03 bits per heavy atom. The quantitative estimate of drug-likeness (QED) is 0.334. The second-order valence-corrected chi connectivity index (χ2v) is 9.64. The summed E-state index contributed by atoms with van der Waals surface area (Å²) in [4.78, 5) is 25.9. The molecule has 2 aromatic carbocycles. The van der Waals surface area contributed by atoms with Gasteiger partial charge in [0.2, 0.25) is 0 Å². The van der Waals surface area contributed by atoms with Gasteiger partial charge >= 0.3 is 12.1 Å². The Morgan fingerprint density at radius 3 is 2.31 bits per heavy atom. The second-order valence-electron chi connectivity index (χ2n) is 8.73. The van der Waals surface area contributed by atoms with Gasteiger partial charge in [-0.2, -0.15) is 0 Å². The minimum absolute atomic E-state index is 0.292. The molecule has 190 valence electrons. The second kappa shape index (κ2) is 14.1. The molecule has 1 amide bonds. The number of halogens is 1. The van der Waals surface area contributed by atoms with Crippen molar-refractivity contribution in [2.24, 2.45) is 5.92 Å². The number of ether oxygens (including phenoxy) is 3. The highest BCUT2D eigenvalue weighted by atomic mass is 79.9. The van der Waals surface area contributed by atoms with E-state index < -0.39 is 12.1 Å². The summed E-state index contributed by atoms with van der Waals surface area (Å²) in [5.74, 6) is 0.860. The molecule has 1 unspecified atom stereocenters. The highest BCUT2D eigenvalue weighted by molar-refractivity contribution is 9.10. The summed E-state index contributed by atoms with van der Waals surface area (Å²) in [6.07, 6.45) is 5.01. The molecule has 1 fully saturated rings. The molecule has 1 aliphatic carbocycles. The zero-order valence-corrected chi connectivity index (χ0v) is 21.7. The number of nitrogens with zero attached hydrogens (tertiary/aromatic N) is 1. The average Bonchev–Trinajstić information content (AvgIpc) is 3.37. The maximum atomic E-state index is 12.9. The van der Waals surface area contributed by atoms with Crippen molar-refractivity contribution in [3.05, 3.63) is 58.6 Å². The van der Waals surface area contributed by atoms with E-state index in [0.717, 1.165) is 16.5 Å². The number of rotatable bonds is 13. The molecular formula is C27H34BrNO6. The molecule has 0 aliphatic heterocycles. The molecule has 0 aromatic heterocycles. The van der Waals surface area contributed by atoms with Gasteiger partial charge in [0.25, 0.3) is 0 Å². The van der Waals surface area contributed by atoms with Crippen molar-refractivity contribution in [1.82, 2.24) is 4.90 Å². The minimum atomic E-state index is -0.972. The van der Waals surface area contributed by atoms with E-state index in [2.05, 4.69) is 15.9 Å². The Hall–Kier alpha value is -2.58. The topological polar surface area (TPSA) is 85.3 Å². The summed E-state index contributed by atoms with van der Waals surface area (Å²) in [7, 11) is 0. The molecule has 8 heteroatoms. The monoisotopic (exact) mass is 547 g/mol. The van der Waals surface area contributed by atoms with Crippen molar-refractivity contribution >= 4 is 28.0 Å². The SMILES string of the molecule is CCOC(Cc1ccc(OCCN(CCC2CCCC2)C(=O)Oc2ccc(Br)cc2)cc1)C(=O)O. The molecule has 0 saturated heterocycles. The molecule has 2 aromatic rings. The number of carbonyl (C=O) groups excluding carboxylic acids is 1. The van der Waals surface area contributed by atoms with Crippen LogP contribution >= 0.6 is 15.9 Å². The molecular weight excluding hydrogens is 514 g/mol. The van der Waals surface area contributed by atoms with Crippen LogP contribution in [0.15, 0.2) is 53.0 Å². The van der Waals surface area contributed by atoms with Gasteiger partial charge in [0.1, 0.15) is 18.1 Å². The van der Waals surface area contributed by atoms with Gasteiger partial charge in [0.05, 0.1) is 6.54 Å². The molecule has 0 radical (unpaired) electrons. The van der Waals surface area contributed by atoms with Crippen molar-refractivity contribution in [3.63, 3.8) is 0 Å². The first-order valence-corrected chi connectivity index (χ1v) is 13.0. The molecule has 1 atom stereocenters. The minimum Gasteiger partial charge on any atom is -0.492 e. The summed E-state index contributed by atoms with van der Waals surface area (Å²) in [6.45, 7) is 3.50. The van der Waals surface area contributed by atoms with E-state index in [1.807, 2.05) is 36.4 Å². The Kier molecular flexibility index (Phi) is 10.9. The van der Waals surface area contributed by atoms with Gasteiger partial charge in [0, 0.05) is 24.0 Å². The van der Waals surface area contributed by atoms with E-state index in [1.165, 1.54) is 25.7 Å². The highest BCUT2D eigenvalue weighted by Crippen LogP contribution is 2.28. The molecule has 0 heterocycles. The van der Waals surface area contributed by atoms with Gasteiger partial charge in [-0.15, -0.1) is 0 Å². The number of hydrogen-bond donors (Lipinski definition) is 1. The normalized spacial score (nSPS) is 14.5. The molecule has 1 aliphatic rings. The van der Waals surface area contributed by atoms with Gasteiger partial charge in [-0.3, -0.25) is 0 Å². The average molecular weight is 548 g/mol. The van der Waals surface area contributed by atoms with Crippen LogP contribution in [0.4, 0.5) is 4.79 Å². The van der Waals surface area contributed by atoms with Crippen LogP contribution in [0.1, 0.15) is 44.6 Å². The van der Waals surface area contributed by atoms with Crippen LogP contribution in [-0.2, 0) is 16.0 Å². The summed E-state index contributed by atoms with van der Waals surface area (Å²) >= 11 is 3.39. The Morgan fingerprint density at radius 2 is 1.69 bits per heavy atom. The number of carbonyl (C=O) groups is 2. The lowest BCUT2D eigenvalue weighted by Gasteiger charge is -2.23. The van der Waals surface area contributed by atoms with Crippen molar-refractivity contribution in [3.8, 4) is 11.5 Å². The first kappa shape index (κ1) is 27.0. The predicted molar refractivity (Wildman–Crippen MR) is 137 cm³/mol. The largest absolute Gasteiger partial charge is 0.492 e. The van der Waals surface area contributed by atoms with E-state index >= 15 is 0 Å². The van der Waals surface area contributed by atoms with Crippen LogP contribution in [-0.4, -0.2) is 54.5 Å². The van der Waals surface area contributed by atoms with E-state index in [4.69, 9.17) is 14.2 Å². The van der Waals surface area contributed by atoms with E-state index in [9.17, 15) is 14.7 Å². The van der Waals surface area contributed by atoms with Gasteiger partial charge in [-0.05, 0) is 61.2 Å². The first-order chi connectivity index (χ1) is 16.9. The summed E-state index contributed by atoms with van der Waals surface area (Å²) in [6, 6.07) is 14.5. The highest BCUT2D eigenvalue weighted by Gasteiger charge is 2.21. The number of hydrogen-bond acceptors (Lipinski definition) is 5. The van der Waals surface area contributed by atoms with Crippen LogP contribution in [0.2, 0.25) is 0 Å². The van der Waals surface area contributed by atoms with Crippen LogP contribution < -0.4 is 9.47 Å². The third-order valence-corrected chi connectivity index (χ3v) is 6.71. The van der Waals surface area contributed by atoms with E-state index in [0.29, 0.717) is 50.1 Å². The summed E-state index contributed by atoms with van der Waals surface area (Å²) in [5, 5.41) is 9.26. The predicted octanol–water partition coefficient (Wildman–Crippen LogP) is 5.94. The summed E-state index contributed by atoms with van der Waals surface area (Å²) in [5.41, 5.74) is 0.856. The zero-order valence-electron chi connectivity index (χ0n) is 20.2. The van der Waals surface area contributed by atoms with Crippen molar-refractivity contribution in [2.75, 3.05) is 26.3 Å². The van der Waals surface area contributed by atoms with Gasteiger partial charge in [-0.25, -0.2) is 9.59 Å². The van der Waals surface area contributed by atoms with Gasteiger partial charge in [0.15, 0.2) is 6.10 Å². The first-order valence-electron chi connectivity index (χ1n) is 12.2. The van der Waals surface area contributed by atoms with Crippen LogP contribution in [0, 0.1) is 5.92 Å². The van der Waals surface area contributed by atoms with Crippen molar-refractivity contribution in [2.45, 2.75) is 51.6 Å². The Bertz CT molecular complexity index is 928. The fraction of sp³-hybridized carbons (Fsp3) is 0.481. The standard InChI is InChI=1S/C27H34BrNO6/c1-2-33-25(26(30)31)19-21-7-11-23(12-8-21)34-18-17-29(16-15-20-5-3-4-6-20)27(32)35-24-13-9-22(28)10-14-24/h7-14,20,25H,2-6,15-19H2,1H3,(H,30,31). The molecule has 1 saturated carbocycles. The molecule has 0 bridgehead atoms. The molecule has 1 N–H and O–H groups in total. The lowest BCUT2D eigenvalue weighted by atomic mass is 10.0. The molecule has 35 heavy (non-hydrogen) atoms. The Balaban J connectivity index is 1.53. The fourth-order valence-electron chi connectivity index (χ4n) is 4.23. The van der Waals surface area contributed by atoms with Gasteiger partial charge < -0.3 is 24.2 Å². The molecule has 3 rings (SSSR count). The fourth-order valence-corrected chi connectivity index (χ4v) is 4.49. The third kappa shape index (κ3) is 9.18. The van der Waals surface area contributed by atoms with E-state index in [-0.39, 0.29) is 6.09 Å². The maximum Gasteiger partial charge on any atom is 0.415 e. The van der Waals surface area contributed by atoms with Crippen LogP contribution in [0.25, 0.3) is 0 Å². The number of carboxylic acids is 1. The summed E-state index contributed by atoms with van der Waals surface area (Å²) < 4.78 is 17.7. The van der Waals surface area contributed by atoms with Gasteiger partial charge in [-0.1, -0.05) is 53.7 Å². The Labute approximate surface area is 215 Å². The van der Waals surface area contributed by atoms with E-state index in [1.54, 1.807) is 24.0 Å². The van der Waals surface area contributed by atoms with Crippen LogP contribution in [0.5, 0.6) is 11.5 Å². The number of benzene rings is 2. The molecule has 7 nitrogen and oxygen atoms in total. The lowest BCUT2D eigenvalue weighted by Crippen LogP contribution is -2.38. The van der Waals surface area contributed by atoms with Crippen LogP contribution in [0.3, 0.4) is 0 Å². The lowest BCUT2D eigenvalue weighted by molar-refractivity contribution is -0.149.